The number of nitrogens with zero attached hydrogens (tertiary/aromatic N) is 1. The molecule has 1 fully saturated rings. The first-order valence-corrected chi connectivity index (χ1v) is 6.33. The van der Waals surface area contributed by atoms with E-state index in [0.717, 1.165) is 0 Å². The number of anilines is 1. The lowest BCUT2D eigenvalue weighted by atomic mass is 9.96. The van der Waals surface area contributed by atoms with Gasteiger partial charge in [-0.1, -0.05) is 11.6 Å². The second kappa shape index (κ2) is 5.32. The summed E-state index contributed by atoms with van der Waals surface area (Å²) in [6.45, 7) is 2.36. The Bertz CT molecular complexity index is 497. The zero-order valence-corrected chi connectivity index (χ0v) is 11.3. The average molecular weight is 286 g/mol. The van der Waals surface area contributed by atoms with Crippen molar-refractivity contribution in [2.45, 2.75) is 25.0 Å². The van der Waals surface area contributed by atoms with E-state index in [-0.39, 0.29) is 29.1 Å². The Balaban J connectivity index is 2.03. The van der Waals surface area contributed by atoms with Crippen molar-refractivity contribution in [1.29, 1.82) is 0 Å². The summed E-state index contributed by atoms with van der Waals surface area (Å²) < 4.78 is 5.29. The molecular formula is C12H16ClN3O3. The second-order valence-corrected chi connectivity index (χ2v) is 5.03. The molecule has 1 aromatic rings. The number of nitrogens with two attached hydrogens (primary N) is 1. The number of amides is 1. The Labute approximate surface area is 115 Å². The van der Waals surface area contributed by atoms with Crippen molar-refractivity contribution in [2.75, 3.05) is 18.9 Å². The van der Waals surface area contributed by atoms with Crippen LogP contribution in [-0.4, -0.2) is 40.9 Å². The molecule has 2 unspecified atom stereocenters. The highest BCUT2D eigenvalue weighted by Gasteiger charge is 2.39. The van der Waals surface area contributed by atoms with E-state index in [4.69, 9.17) is 22.1 Å². The van der Waals surface area contributed by atoms with Crippen molar-refractivity contribution in [3.8, 4) is 0 Å². The molecule has 2 rings (SSSR count). The molecule has 0 aliphatic carbocycles. The van der Waals surface area contributed by atoms with Crippen LogP contribution in [0.3, 0.4) is 0 Å². The number of pyridine rings is 1. The summed E-state index contributed by atoms with van der Waals surface area (Å²) in [6, 6.07) is 1.39. The van der Waals surface area contributed by atoms with Crippen molar-refractivity contribution in [3.05, 3.63) is 23.0 Å². The topological polar surface area (TPSA) is 97.5 Å². The van der Waals surface area contributed by atoms with E-state index in [9.17, 15) is 9.90 Å². The SMILES string of the molecule is CC1OCCC1(O)CNC(=O)c1cc(Cl)ncc1N. The number of hydrogen-bond donors (Lipinski definition) is 3. The van der Waals surface area contributed by atoms with Gasteiger partial charge in [0.15, 0.2) is 0 Å². The fraction of sp³-hybridized carbons (Fsp3) is 0.500. The largest absolute Gasteiger partial charge is 0.397 e. The average Bonchev–Trinajstić information content (AvgIpc) is 2.70. The van der Waals surface area contributed by atoms with Crippen LogP contribution in [0.5, 0.6) is 0 Å². The highest BCUT2D eigenvalue weighted by Crippen LogP contribution is 2.25. The summed E-state index contributed by atoms with van der Waals surface area (Å²) in [4.78, 5) is 15.8. The van der Waals surface area contributed by atoms with E-state index in [0.29, 0.717) is 13.0 Å². The molecule has 1 amide bonds. The lowest BCUT2D eigenvalue weighted by molar-refractivity contribution is -0.0251. The highest BCUT2D eigenvalue weighted by atomic mass is 35.5. The van der Waals surface area contributed by atoms with Crippen molar-refractivity contribution in [2.24, 2.45) is 0 Å². The summed E-state index contributed by atoms with van der Waals surface area (Å²) in [5.41, 5.74) is 5.11. The number of hydrogen-bond acceptors (Lipinski definition) is 5. The number of nitrogens with one attached hydrogen (secondary N) is 1. The van der Waals surface area contributed by atoms with E-state index in [2.05, 4.69) is 10.3 Å². The maximum Gasteiger partial charge on any atom is 0.253 e. The van der Waals surface area contributed by atoms with Gasteiger partial charge in [-0.2, -0.15) is 0 Å². The summed E-state index contributed by atoms with van der Waals surface area (Å²) in [6.07, 6.45) is 1.50. The van der Waals surface area contributed by atoms with Gasteiger partial charge in [0.1, 0.15) is 10.8 Å². The maximum absolute atomic E-state index is 12.0. The van der Waals surface area contributed by atoms with Gasteiger partial charge < -0.3 is 20.9 Å². The Morgan fingerprint density at radius 1 is 1.79 bits per heavy atom. The van der Waals surface area contributed by atoms with Gasteiger partial charge in [0.2, 0.25) is 0 Å². The predicted molar refractivity (Wildman–Crippen MR) is 71.0 cm³/mol. The molecule has 1 saturated heterocycles. The van der Waals surface area contributed by atoms with Crippen molar-refractivity contribution in [3.63, 3.8) is 0 Å². The zero-order valence-electron chi connectivity index (χ0n) is 10.5. The van der Waals surface area contributed by atoms with Crippen LogP contribution in [0, 0.1) is 0 Å². The van der Waals surface area contributed by atoms with Gasteiger partial charge in [0.25, 0.3) is 5.91 Å². The van der Waals surface area contributed by atoms with Gasteiger partial charge in [-0.3, -0.25) is 4.79 Å². The Kier molecular flexibility index (Phi) is 3.93. The van der Waals surface area contributed by atoms with Crippen LogP contribution < -0.4 is 11.1 Å². The Morgan fingerprint density at radius 3 is 3.16 bits per heavy atom. The number of carbonyl (C=O) groups excluding carboxylic acids is 1. The summed E-state index contributed by atoms with van der Waals surface area (Å²) in [7, 11) is 0. The number of aliphatic hydroxyl groups is 1. The standard InChI is InChI=1S/C12H16ClN3O3/c1-7-12(18,2-3-19-7)6-16-11(17)8-4-10(13)15-5-9(8)14/h4-5,7,18H,2-3,6,14H2,1H3,(H,16,17). The molecule has 1 aromatic heterocycles. The Morgan fingerprint density at radius 2 is 2.53 bits per heavy atom. The third-order valence-electron chi connectivity index (χ3n) is 3.36. The molecule has 0 spiro atoms. The van der Waals surface area contributed by atoms with Crippen LogP contribution in [0.2, 0.25) is 5.15 Å². The van der Waals surface area contributed by atoms with Crippen molar-refractivity contribution in [1.82, 2.24) is 10.3 Å². The van der Waals surface area contributed by atoms with Gasteiger partial charge in [-0.15, -0.1) is 0 Å². The number of carbonyl (C=O) groups is 1. The molecule has 2 heterocycles. The van der Waals surface area contributed by atoms with Crippen LogP contribution in [0.15, 0.2) is 12.3 Å². The van der Waals surface area contributed by atoms with Crippen molar-refractivity contribution >= 4 is 23.2 Å². The minimum absolute atomic E-state index is 0.104. The molecule has 0 saturated carbocycles. The predicted octanol–water partition coefficient (Wildman–Crippen LogP) is 0.587. The fourth-order valence-corrected chi connectivity index (χ4v) is 2.13. The van der Waals surface area contributed by atoms with Gasteiger partial charge in [-0.05, 0) is 13.0 Å². The van der Waals surface area contributed by atoms with Crippen LogP contribution in [0.25, 0.3) is 0 Å². The minimum atomic E-state index is -1.04. The summed E-state index contributed by atoms with van der Waals surface area (Å²) in [5, 5.41) is 13.1. The van der Waals surface area contributed by atoms with E-state index in [1.165, 1.54) is 12.3 Å². The molecule has 104 valence electrons. The quantitative estimate of drug-likeness (QED) is 0.706. The molecule has 1 aliphatic heterocycles. The molecule has 7 heteroatoms. The van der Waals surface area contributed by atoms with Crippen molar-refractivity contribution < 1.29 is 14.6 Å². The van der Waals surface area contributed by atoms with Crippen LogP contribution in [-0.2, 0) is 4.74 Å². The first-order valence-electron chi connectivity index (χ1n) is 5.95. The third kappa shape index (κ3) is 2.97. The minimum Gasteiger partial charge on any atom is -0.397 e. The van der Waals surface area contributed by atoms with E-state index in [1.807, 2.05) is 0 Å². The molecule has 0 bridgehead atoms. The van der Waals surface area contributed by atoms with E-state index < -0.39 is 11.5 Å². The molecule has 0 radical (unpaired) electrons. The molecule has 4 N–H and O–H groups in total. The molecular weight excluding hydrogens is 270 g/mol. The fourth-order valence-electron chi connectivity index (χ4n) is 1.97. The van der Waals surface area contributed by atoms with Gasteiger partial charge in [0, 0.05) is 19.6 Å². The van der Waals surface area contributed by atoms with Gasteiger partial charge in [-0.25, -0.2) is 4.98 Å². The maximum atomic E-state index is 12.0. The zero-order chi connectivity index (χ0) is 14.0. The van der Waals surface area contributed by atoms with Gasteiger partial charge in [0.05, 0.1) is 23.6 Å². The molecule has 1 aliphatic rings. The molecule has 0 aromatic carbocycles. The first kappa shape index (κ1) is 14.0. The first-order chi connectivity index (χ1) is 8.92. The number of ether oxygens (including phenoxy) is 1. The lowest BCUT2D eigenvalue weighted by Crippen LogP contribution is -2.47. The third-order valence-corrected chi connectivity index (χ3v) is 3.57. The molecule has 6 nitrogen and oxygen atoms in total. The van der Waals surface area contributed by atoms with Crippen LogP contribution in [0.4, 0.5) is 5.69 Å². The Hall–Kier alpha value is -1.37. The second-order valence-electron chi connectivity index (χ2n) is 4.64. The van der Waals surface area contributed by atoms with E-state index in [1.54, 1.807) is 6.92 Å². The number of aromatic nitrogens is 1. The van der Waals surface area contributed by atoms with Crippen LogP contribution >= 0.6 is 11.6 Å². The monoisotopic (exact) mass is 285 g/mol. The lowest BCUT2D eigenvalue weighted by Gasteiger charge is -2.26. The summed E-state index contributed by atoms with van der Waals surface area (Å²) in [5.74, 6) is -0.394. The number of halogens is 1. The van der Waals surface area contributed by atoms with Gasteiger partial charge >= 0.3 is 0 Å². The smallest absolute Gasteiger partial charge is 0.253 e. The summed E-state index contributed by atoms with van der Waals surface area (Å²) >= 11 is 5.72. The molecule has 2 atom stereocenters. The number of rotatable bonds is 3. The highest BCUT2D eigenvalue weighted by molar-refractivity contribution is 6.29. The normalized spacial score (nSPS) is 26.4. The van der Waals surface area contributed by atoms with E-state index >= 15 is 0 Å². The number of nitrogen functional groups attached to an aromatic ring is 1. The molecule has 19 heavy (non-hydrogen) atoms. The van der Waals surface area contributed by atoms with Crippen LogP contribution in [0.1, 0.15) is 23.7 Å².